The van der Waals surface area contributed by atoms with E-state index in [-0.39, 0.29) is 40.3 Å². The zero-order chi connectivity index (χ0) is 27.4. The van der Waals surface area contributed by atoms with Gasteiger partial charge in [0.15, 0.2) is 17.2 Å². The number of ether oxygens (including phenoxy) is 3. The molecule has 12 heteroatoms. The van der Waals surface area contributed by atoms with Gasteiger partial charge in [-0.3, -0.25) is 20.2 Å². The number of aliphatic imine (C=N–C) groups is 1. The van der Waals surface area contributed by atoms with Crippen LogP contribution in [-0.2, 0) is 16.1 Å². The Kier molecular flexibility index (Phi) is 7.68. The minimum Gasteiger partial charge on any atom is -0.490 e. The number of cyclic esters (lactones) is 1. The van der Waals surface area contributed by atoms with E-state index in [0.717, 1.165) is 0 Å². The monoisotopic (exact) mass is 537 g/mol. The molecule has 1 heterocycles. The molecule has 3 aromatic rings. The van der Waals surface area contributed by atoms with E-state index in [4.69, 9.17) is 25.8 Å². The average molecular weight is 538 g/mol. The second-order valence-electron chi connectivity index (χ2n) is 8.02. The van der Waals surface area contributed by atoms with Gasteiger partial charge in [0.1, 0.15) is 6.61 Å². The van der Waals surface area contributed by atoms with Crippen LogP contribution in [0.1, 0.15) is 29.2 Å². The maximum atomic E-state index is 12.5. The summed E-state index contributed by atoms with van der Waals surface area (Å²) in [6, 6.07) is 13.6. The van der Waals surface area contributed by atoms with Crippen LogP contribution in [0.3, 0.4) is 0 Å². The highest BCUT2D eigenvalue weighted by Gasteiger charge is 2.27. The van der Waals surface area contributed by atoms with Crippen molar-refractivity contribution in [3.63, 3.8) is 0 Å². The first kappa shape index (κ1) is 26.3. The van der Waals surface area contributed by atoms with Crippen LogP contribution in [0.4, 0.5) is 11.4 Å². The first-order chi connectivity index (χ1) is 18.2. The number of esters is 1. The van der Waals surface area contributed by atoms with Gasteiger partial charge in [0.25, 0.3) is 11.4 Å². The number of nitrogens with zero attached hydrogens (tertiary/aromatic N) is 3. The number of benzene rings is 3. The predicted octanol–water partition coefficient (Wildman–Crippen LogP) is 5.79. The van der Waals surface area contributed by atoms with E-state index in [2.05, 4.69) is 4.99 Å². The van der Waals surface area contributed by atoms with Crippen molar-refractivity contribution in [1.82, 2.24) is 0 Å². The predicted molar refractivity (Wildman–Crippen MR) is 138 cm³/mol. The highest BCUT2D eigenvalue weighted by Crippen LogP contribution is 2.38. The molecule has 0 aliphatic carbocycles. The van der Waals surface area contributed by atoms with Gasteiger partial charge < -0.3 is 14.2 Å². The summed E-state index contributed by atoms with van der Waals surface area (Å²) < 4.78 is 16.8. The number of halogens is 1. The van der Waals surface area contributed by atoms with E-state index in [1.54, 1.807) is 44.2 Å². The number of non-ortho nitro benzene ring substituents is 1. The summed E-state index contributed by atoms with van der Waals surface area (Å²) in [6.07, 6.45) is 1.45. The first-order valence-electron chi connectivity index (χ1n) is 11.3. The van der Waals surface area contributed by atoms with Crippen molar-refractivity contribution >= 4 is 40.9 Å². The quantitative estimate of drug-likeness (QED) is 0.144. The minimum absolute atomic E-state index is 0.00442. The van der Waals surface area contributed by atoms with Crippen LogP contribution in [0.5, 0.6) is 11.5 Å². The van der Waals surface area contributed by atoms with Crippen molar-refractivity contribution in [3.05, 3.63) is 108 Å². The summed E-state index contributed by atoms with van der Waals surface area (Å²) >= 11 is 6.47. The van der Waals surface area contributed by atoms with Crippen LogP contribution in [0.25, 0.3) is 6.08 Å². The van der Waals surface area contributed by atoms with Gasteiger partial charge in [0, 0.05) is 29.3 Å². The summed E-state index contributed by atoms with van der Waals surface area (Å²) in [5.41, 5.74) is 1.46. The number of carbonyl (C=O) groups is 1. The third-order valence-electron chi connectivity index (χ3n) is 5.49. The second-order valence-corrected chi connectivity index (χ2v) is 8.43. The van der Waals surface area contributed by atoms with Crippen molar-refractivity contribution in [1.29, 1.82) is 0 Å². The fourth-order valence-electron chi connectivity index (χ4n) is 3.72. The molecule has 0 fully saturated rings. The molecule has 194 valence electrons. The fraction of sp³-hybridized carbons (Fsp3) is 0.154. The van der Waals surface area contributed by atoms with Gasteiger partial charge in [-0.2, -0.15) is 0 Å². The molecule has 11 nitrogen and oxygen atoms in total. The Balaban J connectivity index is 1.63. The van der Waals surface area contributed by atoms with Gasteiger partial charge in [-0.05, 0) is 49.2 Å². The lowest BCUT2D eigenvalue weighted by atomic mass is 10.1. The molecule has 0 bridgehead atoms. The Labute approximate surface area is 221 Å². The lowest BCUT2D eigenvalue weighted by molar-refractivity contribution is -0.385. The lowest BCUT2D eigenvalue weighted by Crippen LogP contribution is -2.08. The van der Waals surface area contributed by atoms with Gasteiger partial charge >= 0.3 is 5.97 Å². The molecule has 0 aromatic heterocycles. The van der Waals surface area contributed by atoms with E-state index in [1.807, 2.05) is 0 Å². The van der Waals surface area contributed by atoms with Crippen molar-refractivity contribution in [3.8, 4) is 11.5 Å². The summed E-state index contributed by atoms with van der Waals surface area (Å²) in [5.74, 6) is -0.253. The molecule has 0 radical (unpaired) electrons. The maximum Gasteiger partial charge on any atom is 0.363 e. The summed E-state index contributed by atoms with van der Waals surface area (Å²) in [5, 5.41) is 22.5. The Morgan fingerprint density at radius 3 is 2.53 bits per heavy atom. The highest BCUT2D eigenvalue weighted by molar-refractivity contribution is 6.32. The lowest BCUT2D eigenvalue weighted by Gasteiger charge is -2.14. The number of rotatable bonds is 9. The molecule has 1 aliphatic heterocycles. The zero-order valence-electron chi connectivity index (χ0n) is 20.2. The van der Waals surface area contributed by atoms with Crippen LogP contribution < -0.4 is 9.47 Å². The molecular weight excluding hydrogens is 518 g/mol. The molecule has 1 aliphatic rings. The number of hydrogen-bond acceptors (Lipinski definition) is 9. The Hall–Kier alpha value is -4.77. The molecular formula is C26H20ClN3O8. The third kappa shape index (κ3) is 5.62. The average Bonchev–Trinajstić information content (AvgIpc) is 3.23. The summed E-state index contributed by atoms with van der Waals surface area (Å²) in [4.78, 5) is 38.0. The molecule has 0 N–H and O–H groups in total. The van der Waals surface area contributed by atoms with Crippen molar-refractivity contribution in [2.75, 3.05) is 6.61 Å². The van der Waals surface area contributed by atoms with E-state index in [0.29, 0.717) is 34.6 Å². The molecule has 0 saturated carbocycles. The molecule has 0 unspecified atom stereocenters. The van der Waals surface area contributed by atoms with Crippen LogP contribution in [0.15, 0.2) is 65.3 Å². The fourth-order valence-corrected chi connectivity index (χ4v) is 4.00. The molecule has 0 amide bonds. The Morgan fingerprint density at radius 1 is 1.05 bits per heavy atom. The number of hydrogen-bond donors (Lipinski definition) is 0. The molecule has 3 aromatic carbocycles. The van der Waals surface area contributed by atoms with Gasteiger partial charge in [0.2, 0.25) is 5.90 Å². The van der Waals surface area contributed by atoms with Crippen molar-refractivity contribution < 1.29 is 28.9 Å². The minimum atomic E-state index is -0.731. The maximum absolute atomic E-state index is 12.5. The van der Waals surface area contributed by atoms with Gasteiger partial charge in [-0.25, -0.2) is 9.79 Å². The van der Waals surface area contributed by atoms with E-state index < -0.39 is 15.8 Å². The standard InChI is InChI=1S/C26H20ClN3O8/c1-3-36-23-13-17(11-20(27)24(23)37-14-16-6-4-7-18(10-16)29(32)33)12-21-26(31)38-25(28-21)19-8-5-9-22(15(19)2)30(34)35/h4-13H,3,14H2,1-2H3/b21-12-. The normalized spacial score (nSPS) is 13.7. The second kappa shape index (κ2) is 11.1. The van der Waals surface area contributed by atoms with Crippen molar-refractivity contribution in [2.45, 2.75) is 20.5 Å². The number of carbonyl (C=O) groups excluding carboxylic acids is 1. The SMILES string of the molecule is CCOc1cc(/C=C2\N=C(c3cccc([N+](=O)[O-])c3C)OC2=O)cc(Cl)c1OCc1cccc([N+](=O)[O-])c1. The van der Waals surface area contributed by atoms with Gasteiger partial charge in [-0.1, -0.05) is 29.8 Å². The molecule has 4 rings (SSSR count). The third-order valence-corrected chi connectivity index (χ3v) is 5.77. The van der Waals surface area contributed by atoms with Crippen LogP contribution in [0, 0.1) is 27.2 Å². The molecule has 0 atom stereocenters. The first-order valence-corrected chi connectivity index (χ1v) is 11.6. The Bertz CT molecular complexity index is 1520. The highest BCUT2D eigenvalue weighted by atomic mass is 35.5. The van der Waals surface area contributed by atoms with E-state index in [9.17, 15) is 25.0 Å². The number of nitro groups is 2. The topological polar surface area (TPSA) is 143 Å². The van der Waals surface area contributed by atoms with Gasteiger partial charge in [-0.15, -0.1) is 0 Å². The smallest absolute Gasteiger partial charge is 0.363 e. The van der Waals surface area contributed by atoms with Crippen molar-refractivity contribution in [2.24, 2.45) is 4.99 Å². The molecule has 0 saturated heterocycles. The van der Waals surface area contributed by atoms with Crippen LogP contribution >= 0.6 is 11.6 Å². The Morgan fingerprint density at radius 2 is 1.82 bits per heavy atom. The molecule has 38 heavy (non-hydrogen) atoms. The molecule has 0 spiro atoms. The largest absolute Gasteiger partial charge is 0.490 e. The van der Waals surface area contributed by atoms with Crippen LogP contribution in [-0.4, -0.2) is 28.3 Å². The van der Waals surface area contributed by atoms with E-state index >= 15 is 0 Å². The number of nitro benzene ring substituents is 2. The summed E-state index contributed by atoms with van der Waals surface area (Å²) in [6.45, 7) is 3.62. The van der Waals surface area contributed by atoms with Crippen LogP contribution in [0.2, 0.25) is 5.02 Å². The van der Waals surface area contributed by atoms with Gasteiger partial charge in [0.05, 0.1) is 21.5 Å². The summed E-state index contributed by atoms with van der Waals surface area (Å²) in [7, 11) is 0. The zero-order valence-corrected chi connectivity index (χ0v) is 20.9. The van der Waals surface area contributed by atoms with E-state index in [1.165, 1.54) is 30.3 Å².